The normalized spacial score (nSPS) is 19.2. The number of thiazole rings is 1. The number of β-lactam (4-membered cyclic amide) rings is 1. The summed E-state index contributed by atoms with van der Waals surface area (Å²) in [4.78, 5) is 58.9. The van der Waals surface area contributed by atoms with Crippen LogP contribution in [0.4, 0.5) is 5.13 Å². The molecule has 0 radical (unpaired) electrons. The van der Waals surface area contributed by atoms with Crippen LogP contribution in [0.25, 0.3) is 11.0 Å². The molecule has 0 spiro atoms. The molecule has 0 aliphatic carbocycles. The van der Waals surface area contributed by atoms with E-state index in [0.29, 0.717) is 16.5 Å². The first-order valence-corrected chi connectivity index (χ1v) is 12.8. The van der Waals surface area contributed by atoms with Gasteiger partial charge >= 0.3 is 5.97 Å². The maximum absolute atomic E-state index is 13.0. The van der Waals surface area contributed by atoms with Gasteiger partial charge in [-0.3, -0.25) is 14.5 Å². The average Bonchev–Trinajstić information content (AvgIpc) is 3.51. The maximum atomic E-state index is 13.0. The van der Waals surface area contributed by atoms with E-state index in [9.17, 15) is 24.3 Å². The fourth-order valence-corrected chi connectivity index (χ4v) is 6.02. The van der Waals surface area contributed by atoms with Gasteiger partial charge in [-0.15, -0.1) is 23.1 Å². The Kier molecular flexibility index (Phi) is 6.50. The number of aliphatic carboxylic acids is 1. The van der Waals surface area contributed by atoms with Crippen molar-refractivity contribution in [1.82, 2.24) is 15.2 Å². The number of carboxylic acids is 2. The lowest BCUT2D eigenvalue weighted by atomic mass is 10.0. The van der Waals surface area contributed by atoms with E-state index in [-0.39, 0.29) is 40.3 Å². The monoisotopic (exact) mass is 558 g/mol. The number of nitrogen functional groups attached to an aromatic ring is 1. The van der Waals surface area contributed by atoms with E-state index < -0.39 is 35.2 Å². The van der Waals surface area contributed by atoms with E-state index in [1.807, 2.05) is 0 Å². The predicted octanol–water partition coefficient (Wildman–Crippen LogP) is -1.09. The molecule has 0 bridgehead atoms. The topological polar surface area (TPSA) is 204 Å². The summed E-state index contributed by atoms with van der Waals surface area (Å²) in [7, 11) is 1.25. The van der Waals surface area contributed by atoms with Gasteiger partial charge in [-0.2, -0.15) is 4.57 Å². The molecule has 2 amide bonds. The summed E-state index contributed by atoms with van der Waals surface area (Å²) in [5, 5.41) is 29.1. The Morgan fingerprint density at radius 3 is 2.89 bits per heavy atom. The number of nitrogens with two attached hydrogens (primary N) is 1. The third-order valence-electron chi connectivity index (χ3n) is 5.79. The number of carbonyl (C=O) groups excluding carboxylic acids is 3. The number of amides is 2. The molecule has 196 valence electrons. The summed E-state index contributed by atoms with van der Waals surface area (Å²) in [5.41, 5.74) is 6.05. The molecule has 0 aromatic carbocycles. The molecule has 2 aliphatic rings. The van der Waals surface area contributed by atoms with Crippen LogP contribution in [-0.2, 0) is 25.8 Å². The maximum Gasteiger partial charge on any atom is 0.371 e. The van der Waals surface area contributed by atoms with Crippen LogP contribution in [0.1, 0.15) is 16.2 Å². The zero-order chi connectivity index (χ0) is 27.1. The van der Waals surface area contributed by atoms with Crippen molar-refractivity contribution in [2.45, 2.75) is 18.0 Å². The van der Waals surface area contributed by atoms with E-state index in [4.69, 9.17) is 20.1 Å². The van der Waals surface area contributed by atoms with Crippen LogP contribution in [0.2, 0.25) is 0 Å². The number of furan rings is 1. The number of oxime groups is 1. The molecule has 3 aromatic rings. The van der Waals surface area contributed by atoms with Crippen LogP contribution < -0.4 is 20.7 Å². The van der Waals surface area contributed by atoms with Crippen molar-refractivity contribution in [3.05, 3.63) is 52.6 Å². The molecule has 16 heteroatoms. The van der Waals surface area contributed by atoms with Gasteiger partial charge in [0.2, 0.25) is 12.0 Å². The molecule has 2 atom stereocenters. The summed E-state index contributed by atoms with van der Waals surface area (Å²) in [5.74, 6) is -4.09. The molecule has 1 saturated heterocycles. The first kappa shape index (κ1) is 25.2. The Hall–Kier alpha value is -4.44. The van der Waals surface area contributed by atoms with Gasteiger partial charge < -0.3 is 35.3 Å². The van der Waals surface area contributed by atoms with Gasteiger partial charge in [0.05, 0.1) is 11.7 Å². The molecule has 1 fully saturated rings. The fraction of sp³-hybridized carbons (Fsp3) is 0.227. The number of aromatic nitrogens is 2. The number of rotatable bonds is 8. The van der Waals surface area contributed by atoms with Crippen LogP contribution in [0, 0.1) is 0 Å². The van der Waals surface area contributed by atoms with Gasteiger partial charge in [0.25, 0.3) is 11.8 Å². The van der Waals surface area contributed by atoms with Gasteiger partial charge in [-0.05, 0) is 6.07 Å². The number of thioether (sulfide) groups is 1. The SMILES string of the molecule is CO/N=C(\C(=O)NC1C(=O)N2C(C(=O)[O-])=C(C[n+]3ccc4cc(C(=O)O)oc4c3)CS[C@H]12)c1csc(N)n1. The van der Waals surface area contributed by atoms with E-state index in [0.717, 1.165) is 16.2 Å². The second-order valence-corrected chi connectivity index (χ2v) is 10.1. The highest BCUT2D eigenvalue weighted by atomic mass is 32.2. The van der Waals surface area contributed by atoms with Crippen LogP contribution in [0.15, 0.2) is 50.7 Å². The minimum absolute atomic E-state index is 0.0821. The van der Waals surface area contributed by atoms with Crippen LogP contribution >= 0.6 is 23.1 Å². The zero-order valence-electron chi connectivity index (χ0n) is 19.4. The van der Waals surface area contributed by atoms with Crippen LogP contribution in [0.5, 0.6) is 0 Å². The second-order valence-electron chi connectivity index (χ2n) is 8.15. The summed E-state index contributed by atoms with van der Waals surface area (Å²) in [6.45, 7) is 0.0821. The Morgan fingerprint density at radius 2 is 2.24 bits per heavy atom. The predicted molar refractivity (Wildman–Crippen MR) is 130 cm³/mol. The number of fused-ring (bicyclic) bond motifs is 2. The molecule has 5 rings (SSSR count). The van der Waals surface area contributed by atoms with Crippen molar-refractivity contribution < 1.29 is 43.2 Å². The molecule has 0 saturated carbocycles. The number of carboxylic acid groups (broad SMARTS) is 2. The Balaban J connectivity index is 1.36. The van der Waals surface area contributed by atoms with E-state index in [1.54, 1.807) is 23.0 Å². The minimum Gasteiger partial charge on any atom is -0.543 e. The van der Waals surface area contributed by atoms with E-state index >= 15 is 0 Å². The summed E-state index contributed by atoms with van der Waals surface area (Å²) >= 11 is 2.37. The number of anilines is 1. The molecule has 1 unspecified atom stereocenters. The van der Waals surface area contributed by atoms with Crippen molar-refractivity contribution in [3.8, 4) is 0 Å². The number of nitrogens with zero attached hydrogens (tertiary/aromatic N) is 4. The van der Waals surface area contributed by atoms with Gasteiger partial charge in [0, 0.05) is 28.2 Å². The highest BCUT2D eigenvalue weighted by Crippen LogP contribution is 2.40. The number of pyridine rings is 1. The molecule has 38 heavy (non-hydrogen) atoms. The molecule has 14 nitrogen and oxygen atoms in total. The van der Waals surface area contributed by atoms with E-state index in [1.165, 1.54) is 30.3 Å². The lowest BCUT2D eigenvalue weighted by Crippen LogP contribution is -2.71. The first-order valence-electron chi connectivity index (χ1n) is 10.8. The Morgan fingerprint density at radius 1 is 1.45 bits per heavy atom. The number of nitrogens with one attached hydrogen (secondary N) is 1. The summed E-state index contributed by atoms with van der Waals surface area (Å²) in [6, 6.07) is 2.01. The molecule has 2 aliphatic heterocycles. The van der Waals surface area contributed by atoms with Crippen molar-refractivity contribution in [2.24, 2.45) is 5.16 Å². The summed E-state index contributed by atoms with van der Waals surface area (Å²) < 4.78 is 6.93. The highest BCUT2D eigenvalue weighted by molar-refractivity contribution is 8.00. The fourth-order valence-electron chi connectivity index (χ4n) is 4.14. The second kappa shape index (κ2) is 9.79. The van der Waals surface area contributed by atoms with Crippen LogP contribution in [0.3, 0.4) is 0 Å². The zero-order valence-corrected chi connectivity index (χ0v) is 21.1. The number of hydrogen-bond acceptors (Lipinski definition) is 12. The van der Waals surface area contributed by atoms with Crippen molar-refractivity contribution in [2.75, 3.05) is 18.6 Å². The third-order valence-corrected chi connectivity index (χ3v) is 7.81. The van der Waals surface area contributed by atoms with Crippen molar-refractivity contribution in [3.63, 3.8) is 0 Å². The Labute approximate surface area is 221 Å². The molecule has 4 N–H and O–H groups in total. The van der Waals surface area contributed by atoms with Gasteiger partial charge in [0.1, 0.15) is 24.2 Å². The van der Waals surface area contributed by atoms with Gasteiger partial charge in [-0.25, -0.2) is 9.78 Å². The van der Waals surface area contributed by atoms with E-state index in [2.05, 4.69) is 15.5 Å². The van der Waals surface area contributed by atoms with Crippen molar-refractivity contribution >= 4 is 68.7 Å². The number of aromatic carboxylic acids is 1. The quantitative estimate of drug-likeness (QED) is 0.131. The third kappa shape index (κ3) is 4.43. The number of carbonyl (C=O) groups is 4. The van der Waals surface area contributed by atoms with Crippen molar-refractivity contribution in [1.29, 1.82) is 0 Å². The molecular formula is C22H18N6O8S2. The summed E-state index contributed by atoms with van der Waals surface area (Å²) in [6.07, 6.45) is 3.18. The molecule has 5 heterocycles. The molecular weight excluding hydrogens is 540 g/mol. The number of hydrogen-bond donors (Lipinski definition) is 3. The lowest BCUT2D eigenvalue weighted by molar-refractivity contribution is -0.688. The highest BCUT2D eigenvalue weighted by Gasteiger charge is 2.53. The first-order chi connectivity index (χ1) is 18.2. The van der Waals surface area contributed by atoms with Gasteiger partial charge in [0.15, 0.2) is 29.2 Å². The average molecular weight is 559 g/mol. The Bertz CT molecular complexity index is 1560. The lowest BCUT2D eigenvalue weighted by Gasteiger charge is -2.50. The largest absolute Gasteiger partial charge is 0.543 e. The van der Waals surface area contributed by atoms with Gasteiger partial charge in [-0.1, -0.05) is 5.16 Å². The molecule has 3 aromatic heterocycles. The van der Waals surface area contributed by atoms with Crippen LogP contribution in [-0.4, -0.2) is 68.7 Å². The smallest absolute Gasteiger partial charge is 0.371 e. The standard InChI is InChI=1S/C22H18N6O8S2/c1-35-26-14(11-8-38-22(23)24-11)17(29)25-15-18(30)28-16(21(33)34)10(7-37-19(15)28)5-27-3-2-9-4-12(20(31)32)36-13(9)6-27/h2-4,6,8,15,19H,5,7H2,1H3,(H4-,23,24,25,29,31,32,33,34)/b26-14-/t15?,19-/m1/s1. The minimum atomic E-state index is -1.53.